The van der Waals surface area contributed by atoms with Crippen molar-refractivity contribution < 1.29 is 23.3 Å². The fourth-order valence-electron chi connectivity index (χ4n) is 4.06. The number of unbranched alkanes of at least 4 members (excludes halogenated alkanes) is 1. The Morgan fingerprint density at radius 2 is 1.36 bits per heavy atom. The normalized spacial score (nSPS) is 22.9. The summed E-state index contributed by atoms with van der Waals surface area (Å²) in [6, 6.07) is 0. The molecule has 2 aliphatic rings. The zero-order valence-electron chi connectivity index (χ0n) is 17.7. The van der Waals surface area contributed by atoms with Crippen molar-refractivity contribution in [2.24, 2.45) is 0 Å². The number of alkyl halides is 1. The largest absolute Gasteiger partial charge is 0.464 e. The molecule has 3 rings (SSSR count). The molecule has 0 aliphatic carbocycles. The summed E-state index contributed by atoms with van der Waals surface area (Å²) >= 11 is 0. The van der Waals surface area contributed by atoms with Crippen LogP contribution in [0.1, 0.15) is 73.6 Å². The Hall–Kier alpha value is -1.33. The maximum Gasteiger partial charge on any atom is 0.199 e. The molecule has 2 atom stereocenters. The summed E-state index contributed by atoms with van der Waals surface area (Å²) in [7, 11) is 0. The van der Waals surface area contributed by atoms with Crippen molar-refractivity contribution in [1.82, 2.24) is 0 Å². The van der Waals surface area contributed by atoms with Crippen LogP contribution in [0.4, 0.5) is 4.39 Å². The molecule has 0 radical (unpaired) electrons. The molecule has 0 aromatic heterocycles. The third kappa shape index (κ3) is 5.18. The second kappa shape index (κ2) is 10.4. The van der Waals surface area contributed by atoms with Crippen molar-refractivity contribution in [2.75, 3.05) is 19.9 Å². The van der Waals surface area contributed by atoms with Crippen molar-refractivity contribution in [3.63, 3.8) is 0 Å². The number of rotatable bonds is 8. The van der Waals surface area contributed by atoms with Gasteiger partial charge >= 0.3 is 0 Å². The van der Waals surface area contributed by atoms with Crippen LogP contribution < -0.4 is 9.47 Å². The fraction of sp³-hybridized carbons (Fsp3) is 0.739. The highest BCUT2D eigenvalue weighted by Gasteiger charge is 2.25. The lowest BCUT2D eigenvalue weighted by Gasteiger charge is -2.30. The van der Waals surface area contributed by atoms with Crippen LogP contribution in [-0.2, 0) is 15.9 Å². The number of ether oxygens (including phenoxy) is 4. The zero-order chi connectivity index (χ0) is 19.9. The van der Waals surface area contributed by atoms with Gasteiger partial charge in [-0.05, 0) is 82.4 Å². The zero-order valence-corrected chi connectivity index (χ0v) is 17.7. The maximum absolute atomic E-state index is 12.7. The standard InChI is InChI=1S/C23H35FO4/c1-16-17(2)23(28-21-12-6-9-15-26-21)19(10-4-7-13-24)18(3)22(16)27-20-11-5-8-14-25-20/h20-21H,4-15H2,1-3H3. The van der Waals surface area contributed by atoms with Crippen LogP contribution in [0, 0.1) is 20.8 Å². The summed E-state index contributed by atoms with van der Waals surface area (Å²) in [5.41, 5.74) is 4.38. The molecule has 158 valence electrons. The minimum Gasteiger partial charge on any atom is -0.464 e. The Morgan fingerprint density at radius 3 is 1.89 bits per heavy atom. The number of benzene rings is 1. The van der Waals surface area contributed by atoms with Gasteiger partial charge in [0.1, 0.15) is 11.5 Å². The summed E-state index contributed by atoms with van der Waals surface area (Å²) < 4.78 is 37.0. The van der Waals surface area contributed by atoms with Crippen molar-refractivity contribution in [1.29, 1.82) is 0 Å². The van der Waals surface area contributed by atoms with Gasteiger partial charge in [0.05, 0.1) is 19.9 Å². The van der Waals surface area contributed by atoms with Gasteiger partial charge in [0.15, 0.2) is 12.6 Å². The molecule has 1 aromatic carbocycles. The van der Waals surface area contributed by atoms with Crippen LogP contribution in [0.25, 0.3) is 0 Å². The lowest BCUT2D eigenvalue weighted by Crippen LogP contribution is -2.27. The van der Waals surface area contributed by atoms with E-state index in [0.717, 1.165) is 98.3 Å². The van der Waals surface area contributed by atoms with Crippen LogP contribution in [0.2, 0.25) is 0 Å². The van der Waals surface area contributed by atoms with Crippen LogP contribution >= 0.6 is 0 Å². The van der Waals surface area contributed by atoms with Gasteiger partial charge in [-0.2, -0.15) is 0 Å². The minimum atomic E-state index is -0.287. The van der Waals surface area contributed by atoms with Crippen LogP contribution in [0.3, 0.4) is 0 Å². The second-order valence-electron chi connectivity index (χ2n) is 7.99. The highest BCUT2D eigenvalue weighted by molar-refractivity contribution is 5.58. The summed E-state index contributed by atoms with van der Waals surface area (Å²) in [6.45, 7) is 7.47. The minimum absolute atomic E-state index is 0.183. The molecule has 2 fully saturated rings. The maximum atomic E-state index is 12.7. The molecule has 2 saturated heterocycles. The first-order valence-electron chi connectivity index (χ1n) is 10.9. The number of hydrogen-bond donors (Lipinski definition) is 0. The van der Waals surface area contributed by atoms with E-state index in [2.05, 4.69) is 20.8 Å². The second-order valence-corrected chi connectivity index (χ2v) is 7.99. The average molecular weight is 395 g/mol. The summed E-state index contributed by atoms with van der Waals surface area (Å²) in [4.78, 5) is 0. The molecule has 28 heavy (non-hydrogen) atoms. The van der Waals surface area contributed by atoms with Gasteiger partial charge in [0, 0.05) is 18.4 Å². The Balaban J connectivity index is 1.90. The lowest BCUT2D eigenvalue weighted by molar-refractivity contribution is -0.108. The van der Waals surface area contributed by atoms with E-state index in [0.29, 0.717) is 6.42 Å². The number of hydrogen-bond acceptors (Lipinski definition) is 4. The SMILES string of the molecule is Cc1c(C)c(OC2CCCCO2)c(CCCCF)c(C)c1OC1CCCCO1. The molecule has 0 amide bonds. The molecule has 1 aromatic rings. The predicted octanol–water partition coefficient (Wildman–Crippen LogP) is 5.71. The van der Waals surface area contributed by atoms with Gasteiger partial charge in [-0.25, -0.2) is 0 Å². The monoisotopic (exact) mass is 394 g/mol. The summed E-state index contributed by atoms with van der Waals surface area (Å²) in [5.74, 6) is 1.80. The molecule has 2 aliphatic heterocycles. The van der Waals surface area contributed by atoms with Gasteiger partial charge in [0.25, 0.3) is 0 Å². The molecule has 0 saturated carbocycles. The van der Waals surface area contributed by atoms with Crippen molar-refractivity contribution in [2.45, 2.75) is 91.1 Å². The van der Waals surface area contributed by atoms with E-state index in [1.54, 1.807) is 0 Å². The van der Waals surface area contributed by atoms with Gasteiger partial charge < -0.3 is 18.9 Å². The molecule has 2 unspecified atom stereocenters. The van der Waals surface area contributed by atoms with E-state index in [4.69, 9.17) is 18.9 Å². The van der Waals surface area contributed by atoms with E-state index in [1.807, 2.05) is 0 Å². The Labute approximate surface area is 168 Å². The molecule has 0 bridgehead atoms. The third-order valence-corrected chi connectivity index (χ3v) is 5.90. The summed E-state index contributed by atoms with van der Waals surface area (Å²) in [6.07, 6.45) is 8.03. The molecule has 5 heteroatoms. The quantitative estimate of drug-likeness (QED) is 0.529. The first-order chi connectivity index (χ1) is 13.6. The highest BCUT2D eigenvalue weighted by Crippen LogP contribution is 2.40. The van der Waals surface area contributed by atoms with Crippen LogP contribution in [-0.4, -0.2) is 32.5 Å². The molecule has 0 spiro atoms. The lowest BCUT2D eigenvalue weighted by atomic mass is 9.94. The molecule has 2 heterocycles. The predicted molar refractivity (Wildman–Crippen MR) is 108 cm³/mol. The van der Waals surface area contributed by atoms with E-state index in [-0.39, 0.29) is 19.3 Å². The first-order valence-corrected chi connectivity index (χ1v) is 10.9. The number of halogens is 1. The fourth-order valence-corrected chi connectivity index (χ4v) is 4.06. The molecular formula is C23H35FO4. The van der Waals surface area contributed by atoms with Gasteiger partial charge in [-0.1, -0.05) is 0 Å². The van der Waals surface area contributed by atoms with Crippen molar-refractivity contribution >= 4 is 0 Å². The topological polar surface area (TPSA) is 36.9 Å². The molecular weight excluding hydrogens is 359 g/mol. The smallest absolute Gasteiger partial charge is 0.199 e. The van der Waals surface area contributed by atoms with Crippen LogP contribution in [0.15, 0.2) is 0 Å². The van der Waals surface area contributed by atoms with Crippen LogP contribution in [0.5, 0.6) is 11.5 Å². The van der Waals surface area contributed by atoms with E-state index in [9.17, 15) is 4.39 Å². The van der Waals surface area contributed by atoms with Crippen molar-refractivity contribution in [3.05, 3.63) is 22.3 Å². The Morgan fingerprint density at radius 1 is 0.786 bits per heavy atom. The van der Waals surface area contributed by atoms with E-state index >= 15 is 0 Å². The van der Waals surface area contributed by atoms with Gasteiger partial charge in [-0.15, -0.1) is 0 Å². The van der Waals surface area contributed by atoms with Gasteiger partial charge in [0.2, 0.25) is 0 Å². The van der Waals surface area contributed by atoms with E-state index < -0.39 is 0 Å². The Bertz CT molecular complexity index is 634. The third-order valence-electron chi connectivity index (χ3n) is 5.90. The van der Waals surface area contributed by atoms with E-state index in [1.165, 1.54) is 0 Å². The first kappa shape index (κ1) is 21.4. The summed E-state index contributed by atoms with van der Waals surface area (Å²) in [5, 5.41) is 0. The van der Waals surface area contributed by atoms with Gasteiger partial charge in [-0.3, -0.25) is 4.39 Å². The molecule has 4 nitrogen and oxygen atoms in total. The average Bonchev–Trinajstić information content (AvgIpc) is 2.73. The van der Waals surface area contributed by atoms with Crippen molar-refractivity contribution in [3.8, 4) is 11.5 Å². The Kier molecular flexibility index (Phi) is 7.98. The molecule has 0 N–H and O–H groups in total. The highest BCUT2D eigenvalue weighted by atomic mass is 19.1.